The predicted octanol–water partition coefficient (Wildman–Crippen LogP) is 2.97. The molecule has 0 aromatic rings. The Labute approximate surface area is 118 Å². The van der Waals surface area contributed by atoms with E-state index in [4.69, 9.17) is 4.74 Å². The summed E-state index contributed by atoms with van der Waals surface area (Å²) in [4.78, 5) is 14.9. The average Bonchev–Trinajstić information content (AvgIpc) is 2.87. The van der Waals surface area contributed by atoms with Crippen LogP contribution in [-0.2, 0) is 9.53 Å². The van der Waals surface area contributed by atoms with Gasteiger partial charge in [-0.25, -0.2) is 0 Å². The van der Waals surface area contributed by atoms with E-state index in [0.717, 1.165) is 37.7 Å². The minimum Gasteiger partial charge on any atom is -0.371 e. The zero-order valence-corrected chi connectivity index (χ0v) is 13.0. The van der Waals surface area contributed by atoms with Gasteiger partial charge in [-0.05, 0) is 26.2 Å². The van der Waals surface area contributed by atoms with Gasteiger partial charge in [-0.2, -0.15) is 0 Å². The highest BCUT2D eigenvalue weighted by Crippen LogP contribution is 2.42. The van der Waals surface area contributed by atoms with Crippen molar-refractivity contribution in [3.8, 4) is 0 Å². The van der Waals surface area contributed by atoms with Crippen LogP contribution in [0.4, 0.5) is 0 Å². The Morgan fingerprint density at radius 1 is 1.39 bits per heavy atom. The van der Waals surface area contributed by atoms with Gasteiger partial charge in [-0.1, -0.05) is 35.7 Å². The van der Waals surface area contributed by atoms with Crippen LogP contribution in [0.3, 0.4) is 0 Å². The zero-order chi connectivity index (χ0) is 13.2. The van der Waals surface area contributed by atoms with Crippen molar-refractivity contribution in [3.63, 3.8) is 0 Å². The van der Waals surface area contributed by atoms with Crippen molar-refractivity contribution in [2.75, 3.05) is 18.4 Å². The number of hydrogen-bond acceptors (Lipinski definition) is 2. The highest BCUT2D eigenvalue weighted by Gasteiger charge is 2.43. The van der Waals surface area contributed by atoms with Crippen molar-refractivity contribution >= 4 is 21.8 Å². The van der Waals surface area contributed by atoms with Gasteiger partial charge in [-0.15, -0.1) is 0 Å². The summed E-state index contributed by atoms with van der Waals surface area (Å²) in [6.45, 7) is 5.72. The van der Waals surface area contributed by atoms with E-state index in [9.17, 15) is 4.79 Å². The summed E-state index contributed by atoms with van der Waals surface area (Å²) >= 11 is 3.47. The fourth-order valence-electron chi connectivity index (χ4n) is 3.40. The van der Waals surface area contributed by atoms with Crippen molar-refractivity contribution in [2.45, 2.75) is 58.2 Å². The maximum Gasteiger partial charge on any atom is 0.228 e. The Balaban J connectivity index is 2.07. The fourth-order valence-corrected chi connectivity index (χ4v) is 3.76. The lowest BCUT2D eigenvalue weighted by Crippen LogP contribution is -2.53. The van der Waals surface area contributed by atoms with E-state index in [1.54, 1.807) is 0 Å². The van der Waals surface area contributed by atoms with Gasteiger partial charge in [0.25, 0.3) is 0 Å². The maximum atomic E-state index is 12.8. The first-order valence-corrected chi connectivity index (χ1v) is 8.24. The van der Waals surface area contributed by atoms with Crippen LogP contribution in [0.1, 0.15) is 46.0 Å². The molecule has 0 radical (unpaired) electrons. The summed E-state index contributed by atoms with van der Waals surface area (Å²) in [6.07, 6.45) is 5.85. The number of rotatable bonds is 3. The van der Waals surface area contributed by atoms with E-state index in [2.05, 4.69) is 34.7 Å². The highest BCUT2D eigenvalue weighted by molar-refractivity contribution is 9.09. The monoisotopic (exact) mass is 317 g/mol. The van der Waals surface area contributed by atoms with Crippen molar-refractivity contribution in [2.24, 2.45) is 5.41 Å². The maximum absolute atomic E-state index is 12.8. The standard InChI is InChI=1S/C14H24BrNO2/c1-3-14(6-4-5-7-14)13(17)16-9-11(2)18-12(8-15)10-16/h11-12H,3-10H2,1-2H3. The molecule has 1 amide bonds. The molecule has 0 spiro atoms. The molecule has 0 bridgehead atoms. The molecule has 4 heteroatoms. The fraction of sp³-hybridized carbons (Fsp3) is 0.929. The first-order valence-electron chi connectivity index (χ1n) is 7.12. The Hall–Kier alpha value is -0.0900. The van der Waals surface area contributed by atoms with Crippen LogP contribution < -0.4 is 0 Å². The van der Waals surface area contributed by atoms with Crippen LogP contribution in [0.15, 0.2) is 0 Å². The summed E-state index contributed by atoms with van der Waals surface area (Å²) in [5.41, 5.74) is -0.0616. The molecule has 1 aliphatic heterocycles. The first-order chi connectivity index (χ1) is 8.61. The lowest BCUT2D eigenvalue weighted by molar-refractivity contribution is -0.153. The largest absolute Gasteiger partial charge is 0.371 e. The van der Waals surface area contributed by atoms with Gasteiger partial charge in [0.1, 0.15) is 0 Å². The van der Waals surface area contributed by atoms with E-state index >= 15 is 0 Å². The van der Waals surface area contributed by atoms with Gasteiger partial charge >= 0.3 is 0 Å². The molecular weight excluding hydrogens is 294 g/mol. The third-order valence-electron chi connectivity index (χ3n) is 4.48. The normalized spacial score (nSPS) is 31.6. The van der Waals surface area contributed by atoms with Gasteiger partial charge in [0.2, 0.25) is 5.91 Å². The summed E-state index contributed by atoms with van der Waals surface area (Å²) in [6, 6.07) is 0. The average molecular weight is 318 g/mol. The third-order valence-corrected chi connectivity index (χ3v) is 5.20. The Bertz CT molecular complexity index is 302. The van der Waals surface area contributed by atoms with Gasteiger partial charge < -0.3 is 9.64 Å². The molecule has 2 fully saturated rings. The van der Waals surface area contributed by atoms with Crippen molar-refractivity contribution in [3.05, 3.63) is 0 Å². The van der Waals surface area contributed by atoms with Gasteiger partial charge in [0.05, 0.1) is 12.2 Å². The Morgan fingerprint density at radius 2 is 2.06 bits per heavy atom. The predicted molar refractivity (Wildman–Crippen MR) is 75.9 cm³/mol. The summed E-state index contributed by atoms with van der Waals surface area (Å²) in [5.74, 6) is 0.378. The van der Waals surface area contributed by atoms with E-state index in [1.165, 1.54) is 12.8 Å². The molecule has 2 unspecified atom stereocenters. The minimum atomic E-state index is -0.0616. The van der Waals surface area contributed by atoms with Crippen LogP contribution in [-0.4, -0.2) is 41.4 Å². The molecule has 104 valence electrons. The lowest BCUT2D eigenvalue weighted by Gasteiger charge is -2.40. The highest BCUT2D eigenvalue weighted by atomic mass is 79.9. The van der Waals surface area contributed by atoms with Gasteiger partial charge in [0.15, 0.2) is 0 Å². The zero-order valence-electron chi connectivity index (χ0n) is 11.5. The second-order valence-electron chi connectivity index (χ2n) is 5.77. The summed E-state index contributed by atoms with van der Waals surface area (Å²) in [7, 11) is 0. The molecule has 0 aromatic heterocycles. The lowest BCUT2D eigenvalue weighted by atomic mass is 9.81. The molecule has 18 heavy (non-hydrogen) atoms. The molecule has 1 aliphatic carbocycles. The Morgan fingerprint density at radius 3 is 2.61 bits per heavy atom. The van der Waals surface area contributed by atoms with Crippen molar-refractivity contribution < 1.29 is 9.53 Å². The SMILES string of the molecule is CCC1(C(=O)N2CC(C)OC(CBr)C2)CCCC1. The molecule has 1 saturated heterocycles. The molecule has 2 atom stereocenters. The van der Waals surface area contributed by atoms with E-state index in [1.807, 2.05) is 0 Å². The van der Waals surface area contributed by atoms with Gasteiger partial charge in [0, 0.05) is 23.8 Å². The number of amides is 1. The van der Waals surface area contributed by atoms with Crippen LogP contribution >= 0.6 is 15.9 Å². The number of alkyl halides is 1. The molecule has 0 aromatic carbocycles. The van der Waals surface area contributed by atoms with E-state index < -0.39 is 0 Å². The molecule has 1 saturated carbocycles. The Kier molecular flexibility index (Phi) is 4.70. The van der Waals surface area contributed by atoms with Crippen LogP contribution in [0.5, 0.6) is 0 Å². The number of carbonyl (C=O) groups is 1. The minimum absolute atomic E-state index is 0.0616. The summed E-state index contributed by atoms with van der Waals surface area (Å²) in [5, 5.41) is 0.806. The molecule has 2 aliphatic rings. The number of morpholine rings is 1. The third kappa shape index (κ3) is 2.74. The van der Waals surface area contributed by atoms with E-state index in [0.29, 0.717) is 5.91 Å². The van der Waals surface area contributed by atoms with E-state index in [-0.39, 0.29) is 17.6 Å². The molecule has 1 heterocycles. The number of halogens is 1. The smallest absolute Gasteiger partial charge is 0.228 e. The molecule has 3 nitrogen and oxygen atoms in total. The second kappa shape index (κ2) is 5.91. The first kappa shape index (κ1) is 14.3. The van der Waals surface area contributed by atoms with Gasteiger partial charge in [-0.3, -0.25) is 4.79 Å². The van der Waals surface area contributed by atoms with Crippen LogP contribution in [0.25, 0.3) is 0 Å². The summed E-state index contributed by atoms with van der Waals surface area (Å²) < 4.78 is 5.80. The van der Waals surface area contributed by atoms with Crippen molar-refractivity contribution in [1.82, 2.24) is 4.90 Å². The second-order valence-corrected chi connectivity index (χ2v) is 6.42. The quantitative estimate of drug-likeness (QED) is 0.749. The van der Waals surface area contributed by atoms with Crippen LogP contribution in [0, 0.1) is 5.41 Å². The van der Waals surface area contributed by atoms with Crippen molar-refractivity contribution in [1.29, 1.82) is 0 Å². The molecular formula is C14H24BrNO2. The number of ether oxygens (including phenoxy) is 1. The molecule has 0 N–H and O–H groups in total. The number of nitrogens with zero attached hydrogens (tertiary/aromatic N) is 1. The van der Waals surface area contributed by atoms with Crippen LogP contribution in [0.2, 0.25) is 0 Å². The number of hydrogen-bond donors (Lipinski definition) is 0. The molecule has 2 rings (SSSR count). The topological polar surface area (TPSA) is 29.5 Å². The number of carbonyl (C=O) groups excluding carboxylic acids is 1.